The molecule has 128 valence electrons. The molecule has 0 amide bonds. The van der Waals surface area contributed by atoms with E-state index in [1.807, 2.05) is 32.1 Å². The SMILES string of the molecule is C/C=C\C=C(/C)COc1cncnc1NC(CCO)CCCC. The number of allylic oxidation sites excluding steroid dienone is 3. The molecule has 1 atom stereocenters. The van der Waals surface area contributed by atoms with Gasteiger partial charge >= 0.3 is 0 Å². The number of aliphatic hydroxyl groups is 1. The summed E-state index contributed by atoms with van der Waals surface area (Å²) in [6.45, 7) is 6.82. The maximum absolute atomic E-state index is 9.22. The summed E-state index contributed by atoms with van der Waals surface area (Å²) in [6.07, 6.45) is 13.1. The molecule has 2 N–H and O–H groups in total. The van der Waals surface area contributed by atoms with Gasteiger partial charge in [-0.2, -0.15) is 0 Å². The van der Waals surface area contributed by atoms with E-state index in [-0.39, 0.29) is 12.6 Å². The van der Waals surface area contributed by atoms with E-state index in [1.54, 1.807) is 6.20 Å². The molecule has 0 fully saturated rings. The third kappa shape index (κ3) is 7.79. The van der Waals surface area contributed by atoms with E-state index in [1.165, 1.54) is 6.33 Å². The van der Waals surface area contributed by atoms with Crippen LogP contribution in [0.4, 0.5) is 5.82 Å². The molecular weight excluding hydrogens is 290 g/mol. The normalized spacial score (nSPS) is 13.3. The maximum Gasteiger partial charge on any atom is 0.180 e. The van der Waals surface area contributed by atoms with Crippen LogP contribution in [0.1, 0.15) is 46.5 Å². The zero-order chi connectivity index (χ0) is 16.9. The van der Waals surface area contributed by atoms with Gasteiger partial charge in [-0.05, 0) is 32.3 Å². The Hall–Kier alpha value is -1.88. The molecule has 0 aliphatic carbocycles. The zero-order valence-corrected chi connectivity index (χ0v) is 14.5. The first-order chi connectivity index (χ1) is 11.2. The number of hydrogen-bond acceptors (Lipinski definition) is 5. The Balaban J connectivity index is 2.71. The molecule has 0 aromatic carbocycles. The van der Waals surface area contributed by atoms with Crippen LogP contribution in [0.5, 0.6) is 5.75 Å². The lowest BCUT2D eigenvalue weighted by molar-refractivity contribution is 0.275. The second-order valence-corrected chi connectivity index (χ2v) is 5.56. The number of nitrogens with zero attached hydrogens (tertiary/aromatic N) is 2. The Morgan fingerprint density at radius 3 is 2.96 bits per heavy atom. The van der Waals surface area contributed by atoms with Crippen LogP contribution in [-0.2, 0) is 0 Å². The van der Waals surface area contributed by atoms with Gasteiger partial charge in [0, 0.05) is 12.6 Å². The Bertz CT molecular complexity index is 501. The molecule has 0 aliphatic rings. The van der Waals surface area contributed by atoms with Crippen molar-refractivity contribution in [2.75, 3.05) is 18.5 Å². The average Bonchev–Trinajstić information content (AvgIpc) is 2.57. The average molecular weight is 319 g/mol. The second-order valence-electron chi connectivity index (χ2n) is 5.56. The Morgan fingerprint density at radius 1 is 1.43 bits per heavy atom. The molecule has 1 aromatic heterocycles. The van der Waals surface area contributed by atoms with E-state index in [2.05, 4.69) is 22.2 Å². The highest BCUT2D eigenvalue weighted by Gasteiger charge is 2.12. The number of aliphatic hydroxyl groups excluding tert-OH is 1. The van der Waals surface area contributed by atoms with Crippen LogP contribution < -0.4 is 10.1 Å². The van der Waals surface area contributed by atoms with Crippen LogP contribution in [-0.4, -0.2) is 34.3 Å². The number of anilines is 1. The number of hydrogen-bond donors (Lipinski definition) is 2. The van der Waals surface area contributed by atoms with Crippen molar-refractivity contribution in [1.29, 1.82) is 0 Å². The Kier molecular flexibility index (Phi) is 9.71. The van der Waals surface area contributed by atoms with E-state index in [4.69, 9.17) is 4.74 Å². The number of rotatable bonds is 11. The minimum absolute atomic E-state index is 0.161. The first kappa shape index (κ1) is 19.2. The van der Waals surface area contributed by atoms with Gasteiger partial charge in [-0.15, -0.1) is 0 Å². The molecule has 0 bridgehead atoms. The fraction of sp³-hybridized carbons (Fsp3) is 0.556. The largest absolute Gasteiger partial charge is 0.484 e. The van der Waals surface area contributed by atoms with Gasteiger partial charge in [-0.1, -0.05) is 38.0 Å². The van der Waals surface area contributed by atoms with E-state index in [9.17, 15) is 5.11 Å². The van der Waals surface area contributed by atoms with Gasteiger partial charge in [0.05, 0.1) is 6.20 Å². The van der Waals surface area contributed by atoms with Crippen molar-refractivity contribution < 1.29 is 9.84 Å². The molecule has 1 unspecified atom stereocenters. The van der Waals surface area contributed by atoms with E-state index in [0.29, 0.717) is 24.6 Å². The van der Waals surface area contributed by atoms with Crippen LogP contribution in [0.2, 0.25) is 0 Å². The molecule has 0 spiro atoms. The van der Waals surface area contributed by atoms with Crippen molar-refractivity contribution in [3.63, 3.8) is 0 Å². The lowest BCUT2D eigenvalue weighted by atomic mass is 10.1. The Morgan fingerprint density at radius 2 is 2.26 bits per heavy atom. The second kappa shape index (κ2) is 11.7. The van der Waals surface area contributed by atoms with Gasteiger partial charge in [-0.25, -0.2) is 9.97 Å². The highest BCUT2D eigenvalue weighted by Crippen LogP contribution is 2.23. The van der Waals surface area contributed by atoms with Crippen LogP contribution in [0.25, 0.3) is 0 Å². The van der Waals surface area contributed by atoms with Crippen LogP contribution >= 0.6 is 0 Å². The van der Waals surface area contributed by atoms with Gasteiger partial charge in [0.25, 0.3) is 0 Å². The highest BCUT2D eigenvalue weighted by atomic mass is 16.5. The summed E-state index contributed by atoms with van der Waals surface area (Å²) in [6, 6.07) is 0.192. The smallest absolute Gasteiger partial charge is 0.180 e. The molecule has 23 heavy (non-hydrogen) atoms. The van der Waals surface area contributed by atoms with Crippen molar-refractivity contribution in [2.45, 2.75) is 52.5 Å². The van der Waals surface area contributed by atoms with Crippen LogP contribution in [0.15, 0.2) is 36.3 Å². The van der Waals surface area contributed by atoms with Crippen LogP contribution in [0.3, 0.4) is 0 Å². The molecule has 0 saturated heterocycles. The summed E-state index contributed by atoms with van der Waals surface area (Å²) in [5.74, 6) is 1.33. The fourth-order valence-electron chi connectivity index (χ4n) is 2.12. The first-order valence-corrected chi connectivity index (χ1v) is 8.29. The van der Waals surface area contributed by atoms with Crippen molar-refractivity contribution in [2.24, 2.45) is 0 Å². The number of ether oxygens (including phenoxy) is 1. The maximum atomic E-state index is 9.22. The summed E-state index contributed by atoms with van der Waals surface area (Å²) < 4.78 is 5.83. The van der Waals surface area contributed by atoms with Gasteiger partial charge in [0.1, 0.15) is 12.9 Å². The summed E-state index contributed by atoms with van der Waals surface area (Å²) in [7, 11) is 0. The molecule has 1 heterocycles. The lowest BCUT2D eigenvalue weighted by Gasteiger charge is -2.20. The monoisotopic (exact) mass is 319 g/mol. The van der Waals surface area contributed by atoms with E-state index < -0.39 is 0 Å². The molecular formula is C18H29N3O2. The van der Waals surface area contributed by atoms with Gasteiger partial charge < -0.3 is 15.2 Å². The van der Waals surface area contributed by atoms with Gasteiger partial charge in [0.15, 0.2) is 11.6 Å². The summed E-state index contributed by atoms with van der Waals surface area (Å²) in [5.41, 5.74) is 1.12. The third-order valence-electron chi connectivity index (χ3n) is 3.43. The Labute approximate surface area is 139 Å². The fourth-order valence-corrected chi connectivity index (χ4v) is 2.12. The molecule has 1 rings (SSSR count). The van der Waals surface area contributed by atoms with Gasteiger partial charge in [0.2, 0.25) is 0 Å². The first-order valence-electron chi connectivity index (χ1n) is 8.29. The predicted octanol–water partition coefficient (Wildman–Crippen LogP) is 3.73. The minimum atomic E-state index is 0.161. The zero-order valence-electron chi connectivity index (χ0n) is 14.5. The summed E-state index contributed by atoms with van der Waals surface area (Å²) >= 11 is 0. The summed E-state index contributed by atoms with van der Waals surface area (Å²) in [4.78, 5) is 8.33. The molecule has 5 nitrogen and oxygen atoms in total. The predicted molar refractivity (Wildman–Crippen MR) is 94.7 cm³/mol. The molecule has 0 saturated carbocycles. The van der Waals surface area contributed by atoms with E-state index >= 15 is 0 Å². The highest BCUT2D eigenvalue weighted by molar-refractivity contribution is 5.48. The molecule has 1 aromatic rings. The number of aromatic nitrogens is 2. The molecule has 5 heteroatoms. The topological polar surface area (TPSA) is 67.3 Å². The molecule has 0 aliphatic heterocycles. The van der Waals surface area contributed by atoms with Crippen molar-refractivity contribution >= 4 is 5.82 Å². The lowest BCUT2D eigenvalue weighted by Crippen LogP contribution is -2.22. The van der Waals surface area contributed by atoms with Crippen LogP contribution in [0, 0.1) is 0 Å². The molecule has 0 radical (unpaired) electrons. The van der Waals surface area contributed by atoms with Gasteiger partial charge in [-0.3, -0.25) is 0 Å². The summed E-state index contributed by atoms with van der Waals surface area (Å²) in [5, 5.41) is 12.6. The number of nitrogens with one attached hydrogen (secondary N) is 1. The van der Waals surface area contributed by atoms with Crippen molar-refractivity contribution in [3.8, 4) is 5.75 Å². The third-order valence-corrected chi connectivity index (χ3v) is 3.43. The quantitative estimate of drug-likeness (QED) is 0.608. The standard InChI is InChI=1S/C18H29N3O2/c1-4-6-8-15(3)13-23-17-12-19-14-20-18(17)21-16(10-11-22)9-7-5-2/h4,6,8,12,14,16,22H,5,7,9-11,13H2,1-3H3,(H,19,20,21)/b6-4-,15-8+. The van der Waals surface area contributed by atoms with Crippen molar-refractivity contribution in [3.05, 3.63) is 36.3 Å². The number of unbranched alkanes of at least 4 members (excludes halogenated alkanes) is 1. The minimum Gasteiger partial charge on any atom is -0.484 e. The van der Waals surface area contributed by atoms with E-state index in [0.717, 1.165) is 24.8 Å². The van der Waals surface area contributed by atoms with Crippen molar-refractivity contribution in [1.82, 2.24) is 9.97 Å².